The van der Waals surface area contributed by atoms with Crippen molar-refractivity contribution in [3.05, 3.63) is 87.6 Å². The predicted octanol–water partition coefficient (Wildman–Crippen LogP) is 3.23. The lowest BCUT2D eigenvalue weighted by molar-refractivity contribution is 0.0595. The summed E-state index contributed by atoms with van der Waals surface area (Å²) in [5, 5.41) is 2.95. The van der Waals surface area contributed by atoms with Crippen molar-refractivity contribution in [3.63, 3.8) is 0 Å². The first-order valence-corrected chi connectivity index (χ1v) is 11.5. The van der Waals surface area contributed by atoms with Crippen LogP contribution in [-0.4, -0.2) is 41.2 Å². The van der Waals surface area contributed by atoms with Crippen LogP contribution in [0.5, 0.6) is 11.5 Å². The minimum Gasteiger partial charge on any atom is -0.454 e. The number of amides is 2. The van der Waals surface area contributed by atoms with E-state index in [0.29, 0.717) is 47.9 Å². The molecule has 2 atom stereocenters. The lowest BCUT2D eigenvalue weighted by Gasteiger charge is -2.43. The van der Waals surface area contributed by atoms with Crippen molar-refractivity contribution in [2.24, 2.45) is 5.92 Å². The molecular weight excluding hydrogens is 453 g/mol. The van der Waals surface area contributed by atoms with Gasteiger partial charge in [0.15, 0.2) is 11.5 Å². The molecule has 3 aromatic rings. The number of carbonyl (C=O) groups is 2. The van der Waals surface area contributed by atoms with Crippen molar-refractivity contribution in [3.8, 4) is 11.5 Å². The van der Waals surface area contributed by atoms with Crippen LogP contribution in [0.15, 0.2) is 59.4 Å². The van der Waals surface area contributed by atoms with Crippen LogP contribution in [0.1, 0.15) is 38.7 Å². The smallest absolute Gasteiger partial charge is 0.255 e. The van der Waals surface area contributed by atoms with Gasteiger partial charge >= 0.3 is 0 Å². The lowest BCUT2D eigenvalue weighted by atomic mass is 9.82. The Morgan fingerprint density at radius 2 is 1.69 bits per heavy atom. The number of piperidine rings is 1. The second kappa shape index (κ2) is 8.26. The molecule has 1 aromatic heterocycles. The van der Waals surface area contributed by atoms with Crippen LogP contribution in [0.2, 0.25) is 0 Å². The third kappa shape index (κ3) is 3.82. The monoisotopic (exact) mass is 475 g/mol. The molecule has 1 saturated heterocycles. The second-order valence-electron chi connectivity index (χ2n) is 9.12. The van der Waals surface area contributed by atoms with E-state index in [4.69, 9.17) is 9.47 Å². The summed E-state index contributed by atoms with van der Waals surface area (Å²) in [5.41, 5.74) is 1.97. The zero-order chi connectivity index (χ0) is 24.1. The molecule has 3 aliphatic heterocycles. The molecule has 4 heterocycles. The number of pyridine rings is 1. The Morgan fingerprint density at radius 3 is 2.51 bits per heavy atom. The molecule has 178 valence electrons. The van der Waals surface area contributed by atoms with E-state index in [1.807, 2.05) is 0 Å². The van der Waals surface area contributed by atoms with Crippen molar-refractivity contribution in [2.75, 3.05) is 25.2 Å². The minimum atomic E-state index is -0.395. The van der Waals surface area contributed by atoms with Crippen molar-refractivity contribution in [1.82, 2.24) is 9.47 Å². The van der Waals surface area contributed by atoms with Gasteiger partial charge < -0.3 is 24.3 Å². The van der Waals surface area contributed by atoms with E-state index in [9.17, 15) is 18.8 Å². The van der Waals surface area contributed by atoms with Gasteiger partial charge in [-0.3, -0.25) is 14.4 Å². The zero-order valence-electron chi connectivity index (χ0n) is 18.7. The number of benzene rings is 2. The number of rotatable bonds is 3. The SMILES string of the molecule is O=C(Nc1ccc(=O)n2c1[C@@H]1C[C@H](CN(C(=O)c3ccc(F)cc3)C1)C2)c1ccc2c(c1)OCO2. The van der Waals surface area contributed by atoms with Gasteiger partial charge in [0.2, 0.25) is 6.79 Å². The van der Waals surface area contributed by atoms with Gasteiger partial charge in [0.05, 0.1) is 5.69 Å². The molecule has 2 aromatic carbocycles. The quantitative estimate of drug-likeness (QED) is 0.628. The van der Waals surface area contributed by atoms with Gasteiger partial charge in [0.25, 0.3) is 17.4 Å². The van der Waals surface area contributed by atoms with Crippen molar-refractivity contribution in [2.45, 2.75) is 18.9 Å². The summed E-state index contributed by atoms with van der Waals surface area (Å²) in [6.45, 7) is 1.51. The Bertz CT molecular complexity index is 1400. The average Bonchev–Trinajstić information content (AvgIpc) is 3.33. The summed E-state index contributed by atoms with van der Waals surface area (Å²) >= 11 is 0. The molecule has 1 fully saturated rings. The van der Waals surface area contributed by atoms with Gasteiger partial charge in [0.1, 0.15) is 5.82 Å². The summed E-state index contributed by atoms with van der Waals surface area (Å²) in [6, 6.07) is 13.6. The number of halogens is 1. The summed E-state index contributed by atoms with van der Waals surface area (Å²) in [5.74, 6) is 0.196. The molecule has 9 heteroatoms. The number of nitrogens with one attached hydrogen (secondary N) is 1. The Balaban J connectivity index is 1.29. The van der Waals surface area contributed by atoms with Crippen LogP contribution in [0.4, 0.5) is 10.1 Å². The van der Waals surface area contributed by atoms with Gasteiger partial charge in [-0.1, -0.05) is 0 Å². The largest absolute Gasteiger partial charge is 0.454 e. The van der Waals surface area contributed by atoms with Gasteiger partial charge in [-0.25, -0.2) is 4.39 Å². The number of nitrogens with zero attached hydrogens (tertiary/aromatic N) is 2. The summed E-state index contributed by atoms with van der Waals surface area (Å²) in [6.07, 6.45) is 0.809. The van der Waals surface area contributed by atoms with E-state index in [1.165, 1.54) is 30.3 Å². The maximum Gasteiger partial charge on any atom is 0.255 e. The number of hydrogen-bond donors (Lipinski definition) is 1. The van der Waals surface area contributed by atoms with Crippen molar-refractivity contribution in [1.29, 1.82) is 0 Å². The maximum atomic E-state index is 13.3. The van der Waals surface area contributed by atoms with Gasteiger partial charge in [-0.15, -0.1) is 0 Å². The van der Waals surface area contributed by atoms with Crippen LogP contribution in [0.3, 0.4) is 0 Å². The van der Waals surface area contributed by atoms with E-state index in [-0.39, 0.29) is 36.0 Å². The van der Waals surface area contributed by atoms with Crippen molar-refractivity contribution < 1.29 is 23.5 Å². The third-order valence-electron chi connectivity index (χ3n) is 6.85. The topological polar surface area (TPSA) is 89.9 Å². The highest BCUT2D eigenvalue weighted by Gasteiger charge is 2.38. The van der Waals surface area contributed by atoms with Gasteiger partial charge in [0, 0.05) is 48.4 Å². The Morgan fingerprint density at radius 1 is 0.914 bits per heavy atom. The van der Waals surface area contributed by atoms with Crippen LogP contribution in [0, 0.1) is 11.7 Å². The number of carbonyl (C=O) groups excluding carboxylic acids is 2. The molecule has 2 bridgehead atoms. The fourth-order valence-corrected chi connectivity index (χ4v) is 5.29. The number of ether oxygens (including phenoxy) is 2. The van der Waals surface area contributed by atoms with E-state index in [1.54, 1.807) is 33.7 Å². The van der Waals surface area contributed by atoms with E-state index in [0.717, 1.165) is 12.1 Å². The molecule has 6 rings (SSSR count). The second-order valence-corrected chi connectivity index (χ2v) is 9.12. The number of aromatic nitrogens is 1. The maximum absolute atomic E-state index is 13.3. The molecule has 0 radical (unpaired) electrons. The number of likely N-dealkylation sites (tertiary alicyclic amines) is 1. The first-order valence-electron chi connectivity index (χ1n) is 11.5. The number of anilines is 1. The number of hydrogen-bond acceptors (Lipinski definition) is 5. The average molecular weight is 475 g/mol. The van der Waals surface area contributed by atoms with E-state index < -0.39 is 5.82 Å². The zero-order valence-corrected chi connectivity index (χ0v) is 18.7. The Kier molecular flexibility index (Phi) is 5.05. The fraction of sp³-hybridized carbons (Fsp3) is 0.269. The van der Waals surface area contributed by atoms with Crippen LogP contribution >= 0.6 is 0 Å². The third-order valence-corrected chi connectivity index (χ3v) is 6.85. The molecular formula is C26H22FN3O5. The minimum absolute atomic E-state index is 0.114. The molecule has 35 heavy (non-hydrogen) atoms. The molecule has 0 saturated carbocycles. The highest BCUT2D eigenvalue weighted by Crippen LogP contribution is 2.39. The normalized spacial score (nSPS) is 19.7. The summed E-state index contributed by atoms with van der Waals surface area (Å²) in [4.78, 5) is 40.6. The molecule has 0 spiro atoms. The van der Waals surface area contributed by atoms with Crippen LogP contribution < -0.4 is 20.3 Å². The van der Waals surface area contributed by atoms with E-state index in [2.05, 4.69) is 5.32 Å². The molecule has 8 nitrogen and oxygen atoms in total. The standard InChI is InChI=1S/C26H22FN3O5/c27-19-4-1-16(2-5-19)26(33)29-11-15-9-18(13-29)24-20(6-8-23(31)30(24)12-15)28-25(32)17-3-7-21-22(10-17)35-14-34-21/h1-8,10,15,18H,9,11-14H2,(H,28,32)/t15-,18-/m1/s1. The van der Waals surface area contributed by atoms with Crippen LogP contribution in [-0.2, 0) is 6.54 Å². The lowest BCUT2D eigenvalue weighted by Crippen LogP contribution is -2.49. The molecule has 0 aliphatic carbocycles. The Hall–Kier alpha value is -4.14. The summed E-state index contributed by atoms with van der Waals surface area (Å²) in [7, 11) is 0. The summed E-state index contributed by atoms with van der Waals surface area (Å²) < 4.78 is 25.7. The van der Waals surface area contributed by atoms with Crippen molar-refractivity contribution >= 4 is 17.5 Å². The van der Waals surface area contributed by atoms with Crippen LogP contribution in [0.25, 0.3) is 0 Å². The molecule has 3 aliphatic rings. The van der Waals surface area contributed by atoms with E-state index >= 15 is 0 Å². The fourth-order valence-electron chi connectivity index (χ4n) is 5.29. The van der Waals surface area contributed by atoms with Gasteiger partial charge in [-0.2, -0.15) is 0 Å². The highest BCUT2D eigenvalue weighted by atomic mass is 19.1. The van der Waals surface area contributed by atoms with Gasteiger partial charge in [-0.05, 0) is 60.9 Å². The predicted molar refractivity (Wildman–Crippen MR) is 124 cm³/mol. The molecule has 2 amide bonds. The molecule has 1 N–H and O–H groups in total. The highest BCUT2D eigenvalue weighted by molar-refractivity contribution is 6.05. The first kappa shape index (κ1) is 21.4. The Labute approximate surface area is 199 Å². The molecule has 0 unspecified atom stereocenters. The first-order chi connectivity index (χ1) is 17.0. The number of fused-ring (bicyclic) bond motifs is 5.